The highest BCUT2D eigenvalue weighted by Gasteiger charge is 2.15. The maximum atomic E-state index is 4.53. The monoisotopic (exact) mass is 329 g/mol. The molecule has 2 heterocycles. The van der Waals surface area contributed by atoms with Crippen LogP contribution in [-0.4, -0.2) is 40.1 Å². The smallest absolute Gasteiger partial charge is 0.214 e. The third-order valence-electron chi connectivity index (χ3n) is 4.01. The largest absolute Gasteiger partial charge is 0.358 e. The summed E-state index contributed by atoms with van der Waals surface area (Å²) in [6, 6.07) is 9.18. The lowest BCUT2D eigenvalue weighted by atomic mass is 10.0. The molecule has 0 amide bonds. The molecule has 0 saturated carbocycles. The van der Waals surface area contributed by atoms with Crippen LogP contribution in [0.4, 0.5) is 5.13 Å². The summed E-state index contributed by atoms with van der Waals surface area (Å²) >= 11 is 1.58. The predicted octanol–water partition coefficient (Wildman–Crippen LogP) is 3.38. The van der Waals surface area contributed by atoms with E-state index in [1.165, 1.54) is 11.1 Å². The third-order valence-corrected chi connectivity index (χ3v) is 4.89. The molecule has 1 atom stereocenters. The maximum Gasteiger partial charge on any atom is 0.214 e. The summed E-state index contributed by atoms with van der Waals surface area (Å²) in [6.07, 6.45) is 3.02. The van der Waals surface area contributed by atoms with E-state index in [1.54, 1.807) is 11.3 Å². The van der Waals surface area contributed by atoms with Crippen LogP contribution in [0.15, 0.2) is 30.5 Å². The summed E-state index contributed by atoms with van der Waals surface area (Å²) in [6.45, 7) is 4.98. The molecule has 0 saturated heterocycles. The molecule has 122 valence electrons. The van der Waals surface area contributed by atoms with Crippen LogP contribution < -0.4 is 5.32 Å². The summed E-state index contributed by atoms with van der Waals surface area (Å²) in [4.78, 5) is 7.60. The van der Waals surface area contributed by atoms with Crippen molar-refractivity contribution >= 4 is 21.4 Å². The Morgan fingerprint density at radius 2 is 2.00 bits per heavy atom. The van der Waals surface area contributed by atoms with Crippen LogP contribution in [0.25, 0.3) is 4.96 Å². The van der Waals surface area contributed by atoms with E-state index in [0.717, 1.165) is 28.8 Å². The molecule has 0 spiro atoms. The number of hydrogen-bond donors (Lipinski definition) is 1. The van der Waals surface area contributed by atoms with Gasteiger partial charge in [-0.15, -0.1) is 5.10 Å². The highest BCUT2D eigenvalue weighted by atomic mass is 32.1. The van der Waals surface area contributed by atoms with E-state index in [-0.39, 0.29) is 0 Å². The quantitative estimate of drug-likeness (QED) is 0.753. The van der Waals surface area contributed by atoms with Crippen LogP contribution in [0.1, 0.15) is 29.8 Å². The lowest BCUT2D eigenvalue weighted by molar-refractivity contribution is 0.311. The Labute approximate surface area is 141 Å². The van der Waals surface area contributed by atoms with Gasteiger partial charge >= 0.3 is 0 Å². The fourth-order valence-electron chi connectivity index (χ4n) is 2.64. The van der Waals surface area contributed by atoms with Gasteiger partial charge in [0, 0.05) is 6.54 Å². The van der Waals surface area contributed by atoms with Gasteiger partial charge < -0.3 is 10.2 Å². The van der Waals surface area contributed by atoms with E-state index < -0.39 is 0 Å². The topological polar surface area (TPSA) is 45.5 Å². The number of benzene rings is 1. The molecule has 6 heteroatoms. The molecule has 0 fully saturated rings. The van der Waals surface area contributed by atoms with Crippen molar-refractivity contribution in [1.82, 2.24) is 19.5 Å². The number of fused-ring (bicyclic) bond motifs is 1. The summed E-state index contributed by atoms with van der Waals surface area (Å²) in [5.41, 5.74) is 3.69. The molecule has 0 aliphatic rings. The molecular formula is C17H23N5S. The molecule has 5 nitrogen and oxygen atoms in total. The van der Waals surface area contributed by atoms with E-state index in [9.17, 15) is 0 Å². The first kappa shape index (κ1) is 16.0. The van der Waals surface area contributed by atoms with Crippen LogP contribution in [0.5, 0.6) is 0 Å². The molecule has 0 aliphatic heterocycles. The van der Waals surface area contributed by atoms with E-state index in [0.29, 0.717) is 6.04 Å². The minimum atomic E-state index is 0.305. The Bertz CT molecular complexity index is 740. The Balaban J connectivity index is 1.72. The second kappa shape index (κ2) is 6.68. The molecule has 0 unspecified atom stereocenters. The lowest BCUT2D eigenvalue weighted by Crippen LogP contribution is -2.26. The number of nitrogens with zero attached hydrogens (tertiary/aromatic N) is 4. The molecular weight excluding hydrogens is 306 g/mol. The average Bonchev–Trinajstić information content (AvgIpc) is 3.04. The molecule has 1 N–H and O–H groups in total. The maximum absolute atomic E-state index is 4.53. The van der Waals surface area contributed by atoms with Crippen molar-refractivity contribution < 1.29 is 0 Å². The Hall–Kier alpha value is -1.92. The minimum Gasteiger partial charge on any atom is -0.358 e. The first-order chi connectivity index (χ1) is 11.1. The zero-order valence-electron chi connectivity index (χ0n) is 14.1. The van der Waals surface area contributed by atoms with Crippen LogP contribution in [-0.2, 0) is 6.42 Å². The number of aromatic nitrogens is 3. The first-order valence-corrected chi connectivity index (χ1v) is 8.70. The highest BCUT2D eigenvalue weighted by molar-refractivity contribution is 7.20. The van der Waals surface area contributed by atoms with E-state index >= 15 is 0 Å². The highest BCUT2D eigenvalue weighted by Crippen LogP contribution is 2.23. The zero-order chi connectivity index (χ0) is 16.4. The molecule has 0 radical (unpaired) electrons. The van der Waals surface area contributed by atoms with Gasteiger partial charge in [0.2, 0.25) is 10.1 Å². The second-order valence-electron chi connectivity index (χ2n) is 5.97. The van der Waals surface area contributed by atoms with Crippen molar-refractivity contribution in [3.63, 3.8) is 0 Å². The van der Waals surface area contributed by atoms with Crippen LogP contribution in [0.2, 0.25) is 0 Å². The molecule has 3 rings (SSSR count). The van der Waals surface area contributed by atoms with Crippen molar-refractivity contribution in [3.8, 4) is 0 Å². The fourth-order valence-corrected chi connectivity index (χ4v) is 3.47. The van der Waals surface area contributed by atoms with Gasteiger partial charge in [-0.3, -0.25) is 0 Å². The summed E-state index contributed by atoms with van der Waals surface area (Å²) < 4.78 is 1.84. The van der Waals surface area contributed by atoms with Gasteiger partial charge in [-0.1, -0.05) is 42.5 Å². The summed E-state index contributed by atoms with van der Waals surface area (Å²) in [7, 11) is 4.22. The number of likely N-dealkylation sites (N-methyl/N-ethyl adjacent to an activating group) is 1. The molecule has 1 aromatic carbocycles. The molecule has 2 aromatic heterocycles. The first-order valence-electron chi connectivity index (χ1n) is 7.88. The summed E-state index contributed by atoms with van der Waals surface area (Å²) in [5.74, 6) is 0. The van der Waals surface area contributed by atoms with Gasteiger partial charge in [0.25, 0.3) is 0 Å². The van der Waals surface area contributed by atoms with Crippen LogP contribution >= 0.6 is 11.3 Å². The zero-order valence-corrected chi connectivity index (χ0v) is 14.9. The Morgan fingerprint density at radius 3 is 2.61 bits per heavy atom. The number of anilines is 1. The van der Waals surface area contributed by atoms with E-state index in [4.69, 9.17) is 0 Å². The number of aryl methyl sites for hydroxylation is 2. The lowest BCUT2D eigenvalue weighted by Gasteiger charge is -2.25. The van der Waals surface area contributed by atoms with Gasteiger partial charge in [0.15, 0.2) is 0 Å². The van der Waals surface area contributed by atoms with Gasteiger partial charge in [0.05, 0.1) is 17.9 Å². The average molecular weight is 329 g/mol. The van der Waals surface area contributed by atoms with Crippen molar-refractivity contribution in [1.29, 1.82) is 0 Å². The normalized spacial score (nSPS) is 12.9. The fraction of sp³-hybridized carbons (Fsp3) is 0.412. The molecule has 23 heavy (non-hydrogen) atoms. The van der Waals surface area contributed by atoms with Gasteiger partial charge in [-0.25, -0.2) is 9.50 Å². The van der Waals surface area contributed by atoms with Crippen molar-refractivity contribution in [2.45, 2.75) is 26.3 Å². The van der Waals surface area contributed by atoms with Crippen molar-refractivity contribution in [2.24, 2.45) is 0 Å². The number of imidazole rings is 1. The number of nitrogens with one attached hydrogen (secondary N) is 1. The van der Waals surface area contributed by atoms with Crippen LogP contribution in [0, 0.1) is 6.92 Å². The number of hydrogen-bond acceptors (Lipinski definition) is 5. The molecule has 0 bridgehead atoms. The third kappa shape index (κ3) is 3.54. The standard InChI is InChI=1S/C17H23N5S/c1-5-13-6-8-14(9-7-13)15(21(3)4)10-18-16-20-22-11-12(2)19-17(22)23-16/h6-9,11,15H,5,10H2,1-4H3,(H,18,20)/t15-/m1/s1. The van der Waals surface area contributed by atoms with Crippen molar-refractivity contribution in [3.05, 3.63) is 47.3 Å². The van der Waals surface area contributed by atoms with Crippen molar-refractivity contribution in [2.75, 3.05) is 26.0 Å². The Kier molecular flexibility index (Phi) is 4.63. The number of rotatable bonds is 6. The SMILES string of the molecule is CCc1ccc([C@@H](CNc2nn3cc(C)nc3s2)N(C)C)cc1. The van der Waals surface area contributed by atoms with E-state index in [2.05, 4.69) is 65.6 Å². The van der Waals surface area contributed by atoms with Crippen LogP contribution in [0.3, 0.4) is 0 Å². The van der Waals surface area contributed by atoms with E-state index in [1.807, 2.05) is 17.6 Å². The summed E-state index contributed by atoms with van der Waals surface area (Å²) in [5, 5.41) is 8.89. The molecule has 0 aliphatic carbocycles. The van der Waals surface area contributed by atoms with Gasteiger partial charge in [-0.2, -0.15) is 0 Å². The van der Waals surface area contributed by atoms with Gasteiger partial charge in [0.1, 0.15) is 0 Å². The molecule has 3 aromatic rings. The predicted molar refractivity (Wildman–Crippen MR) is 96.3 cm³/mol. The second-order valence-corrected chi connectivity index (χ2v) is 6.93. The van der Waals surface area contributed by atoms with Gasteiger partial charge in [-0.05, 0) is 38.6 Å². The minimum absolute atomic E-state index is 0.305. The Morgan fingerprint density at radius 1 is 1.26 bits per heavy atom.